The fourth-order valence-electron chi connectivity index (χ4n) is 2.98. The molecule has 1 heterocycles. The van der Waals surface area contributed by atoms with E-state index in [-0.39, 0.29) is 12.0 Å². The first-order chi connectivity index (χ1) is 10.3. The number of methoxy groups -OCH3 is 1. The molecule has 1 fully saturated rings. The summed E-state index contributed by atoms with van der Waals surface area (Å²) in [5.41, 5.74) is 7.23. The van der Waals surface area contributed by atoms with Gasteiger partial charge in [-0.2, -0.15) is 4.98 Å². The first kappa shape index (κ1) is 14.1. The van der Waals surface area contributed by atoms with Gasteiger partial charge in [-0.15, -0.1) is 0 Å². The van der Waals surface area contributed by atoms with E-state index >= 15 is 0 Å². The van der Waals surface area contributed by atoms with E-state index in [1.807, 2.05) is 24.3 Å². The molecule has 21 heavy (non-hydrogen) atoms. The van der Waals surface area contributed by atoms with E-state index < -0.39 is 0 Å². The van der Waals surface area contributed by atoms with Crippen molar-refractivity contribution in [1.29, 1.82) is 0 Å². The average Bonchev–Trinajstić information content (AvgIpc) is 2.96. The van der Waals surface area contributed by atoms with Crippen LogP contribution in [0.3, 0.4) is 0 Å². The minimum absolute atomic E-state index is 0.137. The zero-order valence-corrected chi connectivity index (χ0v) is 12.3. The van der Waals surface area contributed by atoms with Crippen molar-refractivity contribution in [3.8, 4) is 5.75 Å². The van der Waals surface area contributed by atoms with Crippen LogP contribution in [-0.4, -0.2) is 23.3 Å². The van der Waals surface area contributed by atoms with Crippen molar-refractivity contribution in [3.63, 3.8) is 0 Å². The standard InChI is InChI=1S/C16H21N3O2/c1-20-14-9-5-2-6-11(14)10-15-18-16(21-19-15)12-7-3-4-8-13(12)17/h2,5-6,9,12-13H,3-4,7-8,10,17H2,1H3. The molecule has 1 aliphatic carbocycles. The number of para-hydroxylation sites is 1. The maximum atomic E-state index is 6.17. The fraction of sp³-hybridized carbons (Fsp3) is 0.500. The molecule has 2 unspecified atom stereocenters. The largest absolute Gasteiger partial charge is 0.496 e. The van der Waals surface area contributed by atoms with Crippen LogP contribution in [0.25, 0.3) is 0 Å². The molecule has 0 aliphatic heterocycles. The van der Waals surface area contributed by atoms with Crippen LogP contribution in [0.4, 0.5) is 0 Å². The van der Waals surface area contributed by atoms with Crippen LogP contribution >= 0.6 is 0 Å². The molecule has 2 aromatic rings. The number of benzene rings is 1. The van der Waals surface area contributed by atoms with Crippen LogP contribution in [0.5, 0.6) is 5.75 Å². The van der Waals surface area contributed by atoms with Crippen molar-refractivity contribution in [2.75, 3.05) is 7.11 Å². The third kappa shape index (κ3) is 3.08. The predicted octanol–water partition coefficient (Wildman–Crippen LogP) is 2.65. The van der Waals surface area contributed by atoms with Crippen molar-refractivity contribution in [1.82, 2.24) is 10.1 Å². The van der Waals surface area contributed by atoms with Crippen molar-refractivity contribution in [2.24, 2.45) is 5.73 Å². The van der Waals surface area contributed by atoms with Crippen LogP contribution < -0.4 is 10.5 Å². The predicted molar refractivity (Wildman–Crippen MR) is 79.3 cm³/mol. The Morgan fingerprint density at radius 2 is 2.10 bits per heavy atom. The number of rotatable bonds is 4. The Kier molecular flexibility index (Phi) is 4.20. The van der Waals surface area contributed by atoms with E-state index in [0.717, 1.165) is 24.2 Å². The average molecular weight is 287 g/mol. The lowest BCUT2D eigenvalue weighted by atomic mass is 9.85. The fourth-order valence-corrected chi connectivity index (χ4v) is 2.98. The molecule has 0 amide bonds. The molecule has 5 heteroatoms. The quantitative estimate of drug-likeness (QED) is 0.935. The molecule has 0 radical (unpaired) electrons. The topological polar surface area (TPSA) is 74.2 Å². The Bertz CT molecular complexity index is 597. The Labute approximate surface area is 124 Å². The van der Waals surface area contributed by atoms with E-state index in [9.17, 15) is 0 Å². The van der Waals surface area contributed by atoms with Gasteiger partial charge >= 0.3 is 0 Å². The van der Waals surface area contributed by atoms with E-state index in [1.165, 1.54) is 12.8 Å². The second-order valence-corrected chi connectivity index (χ2v) is 5.59. The van der Waals surface area contributed by atoms with Gasteiger partial charge in [-0.05, 0) is 18.9 Å². The monoisotopic (exact) mass is 287 g/mol. The summed E-state index contributed by atoms with van der Waals surface area (Å²) in [5, 5.41) is 4.10. The Morgan fingerprint density at radius 3 is 2.90 bits per heavy atom. The number of nitrogens with zero attached hydrogens (tertiary/aromatic N) is 2. The lowest BCUT2D eigenvalue weighted by Crippen LogP contribution is -2.31. The second-order valence-electron chi connectivity index (χ2n) is 5.59. The van der Waals surface area contributed by atoms with Crippen molar-refractivity contribution in [2.45, 2.75) is 44.1 Å². The molecule has 0 saturated heterocycles. The maximum Gasteiger partial charge on any atom is 0.231 e. The highest BCUT2D eigenvalue weighted by molar-refractivity contribution is 5.35. The molecule has 3 rings (SSSR count). The van der Waals surface area contributed by atoms with Gasteiger partial charge in [-0.3, -0.25) is 0 Å². The lowest BCUT2D eigenvalue weighted by molar-refractivity contribution is 0.289. The maximum absolute atomic E-state index is 6.17. The molecule has 1 aliphatic rings. The van der Waals surface area contributed by atoms with Crippen LogP contribution in [-0.2, 0) is 6.42 Å². The van der Waals surface area contributed by atoms with Gasteiger partial charge in [0.15, 0.2) is 5.82 Å². The van der Waals surface area contributed by atoms with Crippen LogP contribution in [0.15, 0.2) is 28.8 Å². The summed E-state index contributed by atoms with van der Waals surface area (Å²) in [6.07, 6.45) is 5.06. The number of hydrogen-bond acceptors (Lipinski definition) is 5. The number of nitrogens with two attached hydrogens (primary N) is 1. The van der Waals surface area contributed by atoms with E-state index in [0.29, 0.717) is 18.1 Å². The third-order valence-corrected chi connectivity index (χ3v) is 4.16. The van der Waals surface area contributed by atoms with Crippen LogP contribution in [0.2, 0.25) is 0 Å². The number of hydrogen-bond donors (Lipinski definition) is 1. The zero-order valence-electron chi connectivity index (χ0n) is 12.3. The zero-order chi connectivity index (χ0) is 14.7. The van der Waals surface area contributed by atoms with Gasteiger partial charge in [0.25, 0.3) is 0 Å². The SMILES string of the molecule is COc1ccccc1Cc1noc(C2CCCCC2N)n1. The smallest absolute Gasteiger partial charge is 0.231 e. The first-order valence-corrected chi connectivity index (χ1v) is 7.48. The van der Waals surface area contributed by atoms with Gasteiger partial charge < -0.3 is 15.0 Å². The molecule has 5 nitrogen and oxygen atoms in total. The molecule has 1 aromatic heterocycles. The third-order valence-electron chi connectivity index (χ3n) is 4.16. The normalized spacial score (nSPS) is 22.2. The summed E-state index contributed by atoms with van der Waals surface area (Å²) in [5.74, 6) is 2.43. The molecular formula is C16H21N3O2. The summed E-state index contributed by atoms with van der Waals surface area (Å²) in [4.78, 5) is 4.54. The molecule has 0 spiro atoms. The van der Waals surface area contributed by atoms with E-state index in [1.54, 1.807) is 7.11 Å². The van der Waals surface area contributed by atoms with Crippen molar-refractivity contribution < 1.29 is 9.26 Å². The molecule has 2 N–H and O–H groups in total. The van der Waals surface area contributed by atoms with Crippen molar-refractivity contribution in [3.05, 3.63) is 41.5 Å². The second kappa shape index (κ2) is 6.26. The highest BCUT2D eigenvalue weighted by Gasteiger charge is 2.28. The van der Waals surface area contributed by atoms with Crippen LogP contribution in [0.1, 0.15) is 48.9 Å². The van der Waals surface area contributed by atoms with Gasteiger partial charge in [0.1, 0.15) is 5.75 Å². The summed E-state index contributed by atoms with van der Waals surface area (Å²) in [7, 11) is 1.67. The Morgan fingerprint density at radius 1 is 1.29 bits per heavy atom. The molecule has 2 atom stereocenters. The van der Waals surface area contributed by atoms with E-state index in [4.69, 9.17) is 15.0 Å². The number of aromatic nitrogens is 2. The van der Waals surface area contributed by atoms with Gasteiger partial charge in [0.2, 0.25) is 5.89 Å². The Balaban J connectivity index is 1.76. The molecular weight excluding hydrogens is 266 g/mol. The van der Waals surface area contributed by atoms with Crippen molar-refractivity contribution >= 4 is 0 Å². The van der Waals surface area contributed by atoms with Gasteiger partial charge in [-0.1, -0.05) is 36.2 Å². The molecule has 1 saturated carbocycles. The van der Waals surface area contributed by atoms with Gasteiger partial charge in [-0.25, -0.2) is 0 Å². The highest BCUT2D eigenvalue weighted by Crippen LogP contribution is 2.31. The summed E-state index contributed by atoms with van der Waals surface area (Å²) < 4.78 is 10.8. The number of ether oxygens (including phenoxy) is 1. The Hall–Kier alpha value is -1.88. The van der Waals surface area contributed by atoms with Gasteiger partial charge in [0.05, 0.1) is 13.0 Å². The minimum Gasteiger partial charge on any atom is -0.496 e. The van der Waals surface area contributed by atoms with Gasteiger partial charge in [0, 0.05) is 18.0 Å². The molecule has 112 valence electrons. The minimum atomic E-state index is 0.137. The first-order valence-electron chi connectivity index (χ1n) is 7.48. The van der Waals surface area contributed by atoms with Crippen LogP contribution in [0, 0.1) is 0 Å². The summed E-state index contributed by atoms with van der Waals surface area (Å²) in [6, 6.07) is 8.02. The molecule has 1 aromatic carbocycles. The summed E-state index contributed by atoms with van der Waals surface area (Å²) in [6.45, 7) is 0. The van der Waals surface area contributed by atoms with E-state index in [2.05, 4.69) is 10.1 Å². The molecule has 0 bridgehead atoms. The highest BCUT2D eigenvalue weighted by atomic mass is 16.5. The summed E-state index contributed by atoms with van der Waals surface area (Å²) >= 11 is 0. The lowest BCUT2D eigenvalue weighted by Gasteiger charge is -2.25.